The van der Waals surface area contributed by atoms with E-state index in [0.717, 1.165) is 11.3 Å². The van der Waals surface area contributed by atoms with Gasteiger partial charge in [-0.05, 0) is 47.7 Å². The number of carbonyl (C=O) groups is 1. The Morgan fingerprint density at radius 1 is 0.900 bits per heavy atom. The topological polar surface area (TPSA) is 41.9 Å². The van der Waals surface area contributed by atoms with E-state index in [-0.39, 0.29) is 5.91 Å². The van der Waals surface area contributed by atoms with Crippen LogP contribution in [0.2, 0.25) is 0 Å². The molecule has 0 bridgehead atoms. The number of aliphatic imine (C=N–C) groups is 1. The standard InChI is InChI=1S/C25H20N2O2S/c1-29-22-17-9-8-16-21(22)26-25-27(20-14-6-3-7-15-20)24(28)23(30-25)18-10-13-19-11-4-2-5-12-19/h2-18H,1H3/b13-10+,23-18+,26-25?. The van der Waals surface area contributed by atoms with E-state index < -0.39 is 0 Å². The van der Waals surface area contributed by atoms with Crippen LogP contribution in [-0.4, -0.2) is 18.2 Å². The molecule has 0 spiro atoms. The maximum atomic E-state index is 13.2. The molecule has 0 radical (unpaired) electrons. The van der Waals surface area contributed by atoms with Crippen molar-refractivity contribution in [3.05, 3.63) is 108 Å². The van der Waals surface area contributed by atoms with Crippen LogP contribution in [0.15, 0.2) is 107 Å². The van der Waals surface area contributed by atoms with Gasteiger partial charge in [0.1, 0.15) is 11.4 Å². The molecule has 1 heterocycles. The third-order valence-corrected chi connectivity index (χ3v) is 5.44. The van der Waals surface area contributed by atoms with Gasteiger partial charge in [-0.1, -0.05) is 72.8 Å². The Morgan fingerprint density at radius 3 is 2.30 bits per heavy atom. The van der Waals surface area contributed by atoms with E-state index in [1.54, 1.807) is 12.0 Å². The number of amides is 1. The average Bonchev–Trinajstić information content (AvgIpc) is 3.10. The fraction of sp³-hybridized carbons (Fsp3) is 0.0400. The Kier molecular flexibility index (Phi) is 6.11. The molecule has 4 rings (SSSR count). The van der Waals surface area contributed by atoms with Gasteiger partial charge in [0.25, 0.3) is 5.91 Å². The normalized spacial score (nSPS) is 16.7. The van der Waals surface area contributed by atoms with Crippen molar-refractivity contribution in [1.29, 1.82) is 0 Å². The van der Waals surface area contributed by atoms with Gasteiger partial charge in [-0.15, -0.1) is 0 Å². The van der Waals surface area contributed by atoms with Gasteiger partial charge in [-0.2, -0.15) is 0 Å². The zero-order chi connectivity index (χ0) is 20.8. The van der Waals surface area contributed by atoms with Crippen LogP contribution in [0.3, 0.4) is 0 Å². The molecule has 1 saturated heterocycles. The van der Waals surface area contributed by atoms with Crippen LogP contribution in [0, 0.1) is 0 Å². The summed E-state index contributed by atoms with van der Waals surface area (Å²) in [7, 11) is 1.61. The fourth-order valence-electron chi connectivity index (χ4n) is 3.00. The van der Waals surface area contributed by atoms with E-state index in [1.165, 1.54) is 11.8 Å². The number of ether oxygens (including phenoxy) is 1. The number of para-hydroxylation sites is 3. The number of benzene rings is 3. The number of hydrogen-bond acceptors (Lipinski definition) is 4. The molecule has 1 aliphatic rings. The zero-order valence-corrected chi connectivity index (χ0v) is 17.3. The number of carbonyl (C=O) groups excluding carboxylic acids is 1. The Hall–Kier alpha value is -3.57. The van der Waals surface area contributed by atoms with Gasteiger partial charge < -0.3 is 4.74 Å². The molecule has 30 heavy (non-hydrogen) atoms. The van der Waals surface area contributed by atoms with Crippen molar-refractivity contribution in [2.24, 2.45) is 4.99 Å². The summed E-state index contributed by atoms with van der Waals surface area (Å²) in [6.45, 7) is 0. The SMILES string of the molecule is COc1ccccc1N=C1S/C(=C/C=C/c2ccccc2)C(=O)N1c1ccccc1. The summed E-state index contributed by atoms with van der Waals surface area (Å²) >= 11 is 1.35. The third-order valence-electron chi connectivity index (χ3n) is 4.46. The Morgan fingerprint density at radius 2 is 1.57 bits per heavy atom. The van der Waals surface area contributed by atoms with Gasteiger partial charge in [0.15, 0.2) is 5.17 Å². The van der Waals surface area contributed by atoms with Crippen molar-refractivity contribution in [3.8, 4) is 5.75 Å². The van der Waals surface area contributed by atoms with Gasteiger partial charge in [-0.3, -0.25) is 9.69 Å². The van der Waals surface area contributed by atoms with E-state index in [9.17, 15) is 4.79 Å². The van der Waals surface area contributed by atoms with Crippen LogP contribution in [0.1, 0.15) is 5.56 Å². The monoisotopic (exact) mass is 412 g/mol. The predicted octanol–water partition coefficient (Wildman–Crippen LogP) is 6.06. The van der Waals surface area contributed by atoms with Gasteiger partial charge in [0.05, 0.1) is 17.7 Å². The number of anilines is 1. The number of hydrogen-bond donors (Lipinski definition) is 0. The number of allylic oxidation sites excluding steroid dienone is 2. The highest BCUT2D eigenvalue weighted by atomic mass is 32.2. The van der Waals surface area contributed by atoms with E-state index in [1.807, 2.05) is 103 Å². The molecular weight excluding hydrogens is 392 g/mol. The molecule has 0 aromatic heterocycles. The molecule has 0 N–H and O–H groups in total. The molecule has 3 aromatic carbocycles. The first-order valence-electron chi connectivity index (χ1n) is 9.49. The Balaban J connectivity index is 1.70. The molecule has 0 unspecified atom stereocenters. The first-order chi connectivity index (χ1) is 14.8. The molecule has 5 heteroatoms. The van der Waals surface area contributed by atoms with Crippen molar-refractivity contribution in [2.75, 3.05) is 12.0 Å². The average molecular weight is 413 g/mol. The zero-order valence-electron chi connectivity index (χ0n) is 16.4. The minimum atomic E-state index is -0.0995. The van der Waals surface area contributed by atoms with Crippen LogP contribution < -0.4 is 9.64 Å². The Bertz CT molecular complexity index is 1120. The van der Waals surface area contributed by atoms with Crippen LogP contribution in [-0.2, 0) is 4.79 Å². The highest BCUT2D eigenvalue weighted by molar-refractivity contribution is 8.19. The predicted molar refractivity (Wildman–Crippen MR) is 125 cm³/mol. The smallest absolute Gasteiger partial charge is 0.271 e. The lowest BCUT2D eigenvalue weighted by atomic mass is 10.2. The van der Waals surface area contributed by atoms with E-state index >= 15 is 0 Å². The van der Waals surface area contributed by atoms with Crippen molar-refractivity contribution in [1.82, 2.24) is 0 Å². The van der Waals surface area contributed by atoms with E-state index in [4.69, 9.17) is 9.73 Å². The lowest BCUT2D eigenvalue weighted by molar-refractivity contribution is -0.113. The first-order valence-corrected chi connectivity index (χ1v) is 10.3. The highest BCUT2D eigenvalue weighted by Crippen LogP contribution is 2.37. The summed E-state index contributed by atoms with van der Waals surface area (Å²) in [5, 5.41) is 0.593. The summed E-state index contributed by atoms with van der Waals surface area (Å²) in [4.78, 5) is 20.2. The number of nitrogens with zero attached hydrogens (tertiary/aromatic N) is 2. The van der Waals surface area contributed by atoms with Gasteiger partial charge in [0.2, 0.25) is 0 Å². The summed E-state index contributed by atoms with van der Waals surface area (Å²) in [6.07, 6.45) is 5.70. The molecule has 3 aromatic rings. The Labute approximate surface area is 180 Å². The number of methoxy groups -OCH3 is 1. The minimum absolute atomic E-state index is 0.0995. The third kappa shape index (κ3) is 4.36. The van der Waals surface area contributed by atoms with Crippen molar-refractivity contribution in [2.45, 2.75) is 0 Å². The van der Waals surface area contributed by atoms with Crippen LogP contribution in [0.25, 0.3) is 6.08 Å². The molecule has 1 aliphatic heterocycles. The van der Waals surface area contributed by atoms with Crippen molar-refractivity contribution < 1.29 is 9.53 Å². The summed E-state index contributed by atoms with van der Waals surface area (Å²) < 4.78 is 5.42. The molecule has 4 nitrogen and oxygen atoms in total. The maximum Gasteiger partial charge on any atom is 0.271 e. The van der Waals surface area contributed by atoms with Crippen LogP contribution >= 0.6 is 11.8 Å². The molecule has 0 aliphatic carbocycles. The second-order valence-corrected chi connectivity index (χ2v) is 7.45. The molecule has 148 valence electrons. The lowest BCUT2D eigenvalue weighted by Crippen LogP contribution is -2.28. The van der Waals surface area contributed by atoms with Crippen LogP contribution in [0.5, 0.6) is 5.75 Å². The minimum Gasteiger partial charge on any atom is -0.494 e. The molecular formula is C25H20N2O2S. The summed E-state index contributed by atoms with van der Waals surface area (Å²) in [5.74, 6) is 0.560. The largest absolute Gasteiger partial charge is 0.494 e. The van der Waals surface area contributed by atoms with E-state index in [2.05, 4.69) is 0 Å². The highest BCUT2D eigenvalue weighted by Gasteiger charge is 2.34. The molecule has 1 amide bonds. The van der Waals surface area contributed by atoms with Crippen molar-refractivity contribution in [3.63, 3.8) is 0 Å². The van der Waals surface area contributed by atoms with Crippen molar-refractivity contribution >= 4 is 40.3 Å². The first kappa shape index (κ1) is 19.7. The fourth-order valence-corrected chi connectivity index (χ4v) is 3.95. The maximum absolute atomic E-state index is 13.2. The number of amidine groups is 1. The summed E-state index contributed by atoms with van der Waals surface area (Å²) in [5.41, 5.74) is 2.53. The van der Waals surface area contributed by atoms with Crippen LogP contribution in [0.4, 0.5) is 11.4 Å². The second kappa shape index (κ2) is 9.29. The lowest BCUT2D eigenvalue weighted by Gasteiger charge is -2.15. The second-order valence-electron chi connectivity index (χ2n) is 6.45. The van der Waals surface area contributed by atoms with Gasteiger partial charge in [-0.25, -0.2) is 4.99 Å². The van der Waals surface area contributed by atoms with E-state index in [0.29, 0.717) is 21.5 Å². The quantitative estimate of drug-likeness (QED) is 0.478. The number of thioether (sulfide) groups is 1. The van der Waals surface area contributed by atoms with Gasteiger partial charge in [0, 0.05) is 0 Å². The number of rotatable bonds is 5. The molecule has 0 atom stereocenters. The van der Waals surface area contributed by atoms with Gasteiger partial charge >= 0.3 is 0 Å². The molecule has 0 saturated carbocycles. The molecule has 1 fully saturated rings. The summed E-state index contributed by atoms with van der Waals surface area (Å²) in [6, 6.07) is 27.0.